The highest BCUT2D eigenvalue weighted by atomic mass is 35.5. The minimum atomic E-state index is -0.314. The lowest BCUT2D eigenvalue weighted by molar-refractivity contribution is -0.152. The smallest absolute Gasteiger partial charge is 0.306 e. The average molecular weight is 372 g/mol. The zero-order valence-corrected chi connectivity index (χ0v) is 15.5. The molecule has 0 aromatic heterocycles. The molecular weight excluding hydrogens is 349 g/mol. The van der Waals surface area contributed by atoms with Crippen LogP contribution in [0.3, 0.4) is 0 Å². The van der Waals surface area contributed by atoms with Crippen molar-refractivity contribution in [2.75, 3.05) is 5.32 Å². The summed E-state index contributed by atoms with van der Waals surface area (Å²) in [7, 11) is 0. The zero-order chi connectivity index (χ0) is 17.7. The summed E-state index contributed by atoms with van der Waals surface area (Å²) in [6, 6.07) is 4.85. The molecule has 1 fully saturated rings. The highest BCUT2D eigenvalue weighted by molar-refractivity contribution is 6.42. The van der Waals surface area contributed by atoms with Crippen molar-refractivity contribution in [3.8, 4) is 0 Å². The molecule has 0 unspecified atom stereocenters. The Morgan fingerprint density at radius 3 is 2.54 bits per heavy atom. The van der Waals surface area contributed by atoms with E-state index in [0.717, 1.165) is 19.3 Å². The van der Waals surface area contributed by atoms with Gasteiger partial charge in [-0.3, -0.25) is 9.59 Å². The Morgan fingerprint density at radius 1 is 1.12 bits per heavy atom. The molecule has 24 heavy (non-hydrogen) atoms. The topological polar surface area (TPSA) is 55.4 Å². The van der Waals surface area contributed by atoms with Gasteiger partial charge in [0.05, 0.1) is 16.5 Å². The summed E-state index contributed by atoms with van der Waals surface area (Å²) in [5, 5.41) is 3.49. The predicted molar refractivity (Wildman–Crippen MR) is 96.4 cm³/mol. The molecule has 0 radical (unpaired) electrons. The Morgan fingerprint density at radius 2 is 1.88 bits per heavy atom. The van der Waals surface area contributed by atoms with Crippen LogP contribution in [0.2, 0.25) is 10.0 Å². The van der Waals surface area contributed by atoms with Gasteiger partial charge in [-0.15, -0.1) is 0 Å². The highest BCUT2D eigenvalue weighted by Gasteiger charge is 2.27. The molecule has 1 aliphatic rings. The van der Waals surface area contributed by atoms with Crippen molar-refractivity contribution in [1.82, 2.24) is 0 Å². The summed E-state index contributed by atoms with van der Waals surface area (Å²) < 4.78 is 5.49. The number of esters is 1. The van der Waals surface area contributed by atoms with Crippen LogP contribution in [0.4, 0.5) is 5.69 Å². The van der Waals surface area contributed by atoms with Crippen LogP contribution in [0.5, 0.6) is 0 Å². The van der Waals surface area contributed by atoms with Gasteiger partial charge in [-0.1, -0.05) is 37.0 Å². The molecule has 1 amide bonds. The summed E-state index contributed by atoms with van der Waals surface area (Å²) in [6.45, 7) is 4.42. The number of ether oxygens (including phenoxy) is 1. The van der Waals surface area contributed by atoms with Gasteiger partial charge in [-0.25, -0.2) is 0 Å². The second-order valence-electron chi connectivity index (χ2n) is 6.56. The number of hydrogen-bond donors (Lipinski definition) is 1. The van der Waals surface area contributed by atoms with Crippen LogP contribution >= 0.6 is 23.2 Å². The van der Waals surface area contributed by atoms with Crippen LogP contribution < -0.4 is 5.32 Å². The average Bonchev–Trinajstić information content (AvgIpc) is 2.53. The van der Waals surface area contributed by atoms with Crippen molar-refractivity contribution in [2.24, 2.45) is 11.8 Å². The van der Waals surface area contributed by atoms with E-state index in [0.29, 0.717) is 27.6 Å². The fourth-order valence-corrected chi connectivity index (χ4v) is 3.16. The minimum absolute atomic E-state index is 0.0122. The number of carbonyl (C=O) groups excluding carboxylic acids is 2. The van der Waals surface area contributed by atoms with Gasteiger partial charge >= 0.3 is 5.97 Å². The van der Waals surface area contributed by atoms with Gasteiger partial charge in [0.15, 0.2) is 0 Å². The summed E-state index contributed by atoms with van der Waals surface area (Å²) in [5.74, 6) is 0.674. The number of anilines is 1. The number of carbonyl (C=O) groups is 2. The Bertz CT molecular complexity index is 606. The summed E-state index contributed by atoms with van der Waals surface area (Å²) >= 11 is 11.7. The van der Waals surface area contributed by atoms with E-state index in [-0.39, 0.29) is 30.8 Å². The molecule has 1 aliphatic carbocycles. The normalized spacial score (nSPS) is 23.6. The van der Waals surface area contributed by atoms with Crippen LogP contribution in [0.25, 0.3) is 0 Å². The quantitative estimate of drug-likeness (QED) is 0.734. The van der Waals surface area contributed by atoms with E-state index in [2.05, 4.69) is 19.2 Å². The van der Waals surface area contributed by atoms with Crippen molar-refractivity contribution >= 4 is 40.8 Å². The van der Waals surface area contributed by atoms with Gasteiger partial charge in [0.25, 0.3) is 0 Å². The lowest BCUT2D eigenvalue weighted by Gasteiger charge is -2.31. The molecule has 0 bridgehead atoms. The van der Waals surface area contributed by atoms with Gasteiger partial charge < -0.3 is 10.1 Å². The molecule has 0 spiro atoms. The number of hydrogen-bond acceptors (Lipinski definition) is 3. The molecule has 4 nitrogen and oxygen atoms in total. The molecule has 2 rings (SSSR count). The SMILES string of the molecule is C[C@@H]1CC[C@H](OC(=O)CCC(=O)Nc2ccc(Cl)c(Cl)c2)C[C@@H]1C. The third-order valence-corrected chi connectivity index (χ3v) is 5.35. The number of halogens is 2. The van der Waals surface area contributed by atoms with Crippen molar-refractivity contribution in [1.29, 1.82) is 0 Å². The molecule has 132 valence electrons. The summed E-state index contributed by atoms with van der Waals surface area (Å²) in [6.07, 6.45) is 3.04. The lowest BCUT2D eigenvalue weighted by Crippen LogP contribution is -2.29. The lowest BCUT2D eigenvalue weighted by atomic mass is 9.80. The molecule has 0 aliphatic heterocycles. The first kappa shape index (κ1) is 19.1. The van der Waals surface area contributed by atoms with Crippen LogP contribution in [0, 0.1) is 11.8 Å². The molecule has 1 aromatic rings. The Hall–Kier alpha value is -1.26. The maximum absolute atomic E-state index is 11.9. The van der Waals surface area contributed by atoms with Crippen molar-refractivity contribution in [3.05, 3.63) is 28.2 Å². The number of nitrogens with one attached hydrogen (secondary N) is 1. The van der Waals surface area contributed by atoms with E-state index in [1.54, 1.807) is 18.2 Å². The molecule has 6 heteroatoms. The van der Waals surface area contributed by atoms with Crippen molar-refractivity contribution in [3.63, 3.8) is 0 Å². The van der Waals surface area contributed by atoms with Gasteiger partial charge in [0.1, 0.15) is 6.10 Å². The maximum atomic E-state index is 11.9. The van der Waals surface area contributed by atoms with Gasteiger partial charge in [-0.2, -0.15) is 0 Å². The van der Waals surface area contributed by atoms with E-state index in [1.165, 1.54) is 0 Å². The van der Waals surface area contributed by atoms with E-state index in [4.69, 9.17) is 27.9 Å². The molecule has 0 heterocycles. The zero-order valence-electron chi connectivity index (χ0n) is 14.0. The summed E-state index contributed by atoms with van der Waals surface area (Å²) in [4.78, 5) is 23.8. The standard InChI is InChI=1S/C18H23Cl2NO3/c1-11-3-5-14(9-12(11)2)24-18(23)8-7-17(22)21-13-4-6-15(19)16(20)10-13/h4,6,10-12,14H,3,5,7-9H2,1-2H3,(H,21,22)/t11-,12+,14+/m1/s1. The Balaban J connectivity index is 1.73. The second kappa shape index (κ2) is 8.72. The minimum Gasteiger partial charge on any atom is -0.462 e. The highest BCUT2D eigenvalue weighted by Crippen LogP contribution is 2.31. The van der Waals surface area contributed by atoms with Gasteiger partial charge in [0.2, 0.25) is 5.91 Å². The molecular formula is C18H23Cl2NO3. The summed E-state index contributed by atoms with van der Waals surface area (Å²) in [5.41, 5.74) is 0.554. The van der Waals surface area contributed by atoms with E-state index in [9.17, 15) is 9.59 Å². The molecule has 1 saturated carbocycles. The van der Waals surface area contributed by atoms with E-state index < -0.39 is 0 Å². The molecule has 0 saturated heterocycles. The number of benzene rings is 1. The number of rotatable bonds is 5. The number of amides is 1. The Labute approximate surface area is 152 Å². The largest absolute Gasteiger partial charge is 0.462 e. The second-order valence-corrected chi connectivity index (χ2v) is 7.37. The van der Waals surface area contributed by atoms with Crippen LogP contribution in [-0.2, 0) is 14.3 Å². The molecule has 3 atom stereocenters. The third kappa shape index (κ3) is 5.67. The van der Waals surface area contributed by atoms with Crippen molar-refractivity contribution in [2.45, 2.75) is 52.1 Å². The van der Waals surface area contributed by atoms with Crippen LogP contribution in [-0.4, -0.2) is 18.0 Å². The van der Waals surface area contributed by atoms with E-state index >= 15 is 0 Å². The van der Waals surface area contributed by atoms with Crippen molar-refractivity contribution < 1.29 is 14.3 Å². The van der Waals surface area contributed by atoms with Gasteiger partial charge in [-0.05, 0) is 49.3 Å². The van der Waals surface area contributed by atoms with E-state index in [1.807, 2.05) is 0 Å². The fraction of sp³-hybridized carbons (Fsp3) is 0.556. The fourth-order valence-electron chi connectivity index (χ4n) is 2.86. The molecule has 1 aromatic carbocycles. The predicted octanol–water partition coefficient (Wildman–Crippen LogP) is 5.08. The first-order valence-electron chi connectivity index (χ1n) is 8.29. The Kier molecular flexibility index (Phi) is 6.93. The van der Waals surface area contributed by atoms with Gasteiger partial charge in [0, 0.05) is 12.1 Å². The first-order chi connectivity index (χ1) is 11.3. The third-order valence-electron chi connectivity index (χ3n) is 4.61. The molecule has 1 N–H and O–H groups in total. The maximum Gasteiger partial charge on any atom is 0.306 e. The first-order valence-corrected chi connectivity index (χ1v) is 9.05. The monoisotopic (exact) mass is 371 g/mol. The van der Waals surface area contributed by atoms with Crippen LogP contribution in [0.15, 0.2) is 18.2 Å². The van der Waals surface area contributed by atoms with Crippen LogP contribution in [0.1, 0.15) is 46.0 Å².